The molecule has 140 valence electrons. The summed E-state index contributed by atoms with van der Waals surface area (Å²) in [7, 11) is 1.61. The molecule has 2 heterocycles. The predicted molar refractivity (Wildman–Crippen MR) is 104 cm³/mol. The van der Waals surface area contributed by atoms with E-state index in [1.165, 1.54) is 25.7 Å². The Morgan fingerprint density at radius 1 is 1.35 bits per heavy atom. The van der Waals surface area contributed by atoms with E-state index in [0.29, 0.717) is 29.9 Å². The molecule has 1 aliphatic rings. The van der Waals surface area contributed by atoms with Gasteiger partial charge in [-0.3, -0.25) is 4.40 Å². The molecule has 0 bridgehead atoms. The summed E-state index contributed by atoms with van der Waals surface area (Å²) in [6, 6.07) is 1.89. The first kappa shape index (κ1) is 18.3. The molecule has 26 heavy (non-hydrogen) atoms. The zero-order valence-corrected chi connectivity index (χ0v) is 15.9. The van der Waals surface area contributed by atoms with E-state index in [-0.39, 0.29) is 0 Å². The Balaban J connectivity index is 1.91. The fourth-order valence-electron chi connectivity index (χ4n) is 3.54. The number of nitrogens with two attached hydrogens (primary N) is 1. The molecule has 0 aromatic carbocycles. The summed E-state index contributed by atoms with van der Waals surface area (Å²) in [5, 5.41) is 8.06. The molecule has 0 amide bonds. The van der Waals surface area contributed by atoms with Crippen LogP contribution in [0.2, 0.25) is 0 Å². The van der Waals surface area contributed by atoms with Gasteiger partial charge in [0.05, 0.1) is 13.7 Å². The number of methoxy groups -OCH3 is 1. The van der Waals surface area contributed by atoms with Gasteiger partial charge >= 0.3 is 0 Å². The fourth-order valence-corrected chi connectivity index (χ4v) is 3.54. The van der Waals surface area contributed by atoms with E-state index in [0.717, 1.165) is 22.8 Å². The van der Waals surface area contributed by atoms with Gasteiger partial charge in [-0.25, -0.2) is 0 Å². The molecule has 0 radical (unpaired) electrons. The number of nitrogens with zero attached hydrogens (tertiary/aromatic N) is 3. The van der Waals surface area contributed by atoms with Crippen LogP contribution in [0.5, 0.6) is 5.75 Å². The third kappa shape index (κ3) is 3.69. The number of pyridine rings is 1. The minimum Gasteiger partial charge on any atom is -0.497 e. The van der Waals surface area contributed by atoms with Crippen molar-refractivity contribution in [3.63, 3.8) is 0 Å². The summed E-state index contributed by atoms with van der Waals surface area (Å²) < 4.78 is 13.3. The first-order valence-electron chi connectivity index (χ1n) is 9.20. The molecule has 3 rings (SSSR count). The second-order valence-electron chi connectivity index (χ2n) is 7.10. The number of rotatable bonds is 6. The van der Waals surface area contributed by atoms with Crippen LogP contribution in [0, 0.1) is 11.8 Å². The lowest BCUT2D eigenvalue weighted by Crippen LogP contribution is -2.19. The highest BCUT2D eigenvalue weighted by Gasteiger charge is 2.21. The van der Waals surface area contributed by atoms with Gasteiger partial charge in [-0.2, -0.15) is 0 Å². The van der Waals surface area contributed by atoms with Crippen molar-refractivity contribution in [1.82, 2.24) is 14.6 Å². The van der Waals surface area contributed by atoms with Crippen LogP contribution in [0.1, 0.15) is 45.1 Å². The number of aromatic nitrogens is 3. The smallest absolute Gasteiger partial charge is 0.226 e. The van der Waals surface area contributed by atoms with Gasteiger partial charge in [0, 0.05) is 23.4 Å². The van der Waals surface area contributed by atoms with Crippen LogP contribution >= 0.6 is 0 Å². The van der Waals surface area contributed by atoms with Crippen molar-refractivity contribution in [3.8, 4) is 5.75 Å². The van der Waals surface area contributed by atoms with Crippen LogP contribution in [0.3, 0.4) is 0 Å². The maximum absolute atomic E-state index is 6.25. The van der Waals surface area contributed by atoms with Gasteiger partial charge in [0.1, 0.15) is 11.5 Å². The Bertz CT molecular complexity index is 817. The highest BCUT2D eigenvalue weighted by Crippen LogP contribution is 2.34. The van der Waals surface area contributed by atoms with Crippen molar-refractivity contribution in [2.45, 2.75) is 39.5 Å². The lowest BCUT2D eigenvalue weighted by atomic mass is 9.83. The van der Waals surface area contributed by atoms with Crippen LogP contribution in [-0.4, -0.2) is 28.3 Å². The van der Waals surface area contributed by atoms with Gasteiger partial charge in [-0.05, 0) is 31.6 Å². The molecular weight excluding hydrogens is 328 g/mol. The number of hydrogen-bond donors (Lipinski definition) is 1. The molecule has 2 aromatic heterocycles. The number of allylic oxidation sites excluding steroid dienone is 2. The molecule has 6 nitrogen and oxygen atoms in total. The molecule has 6 heteroatoms. The van der Waals surface area contributed by atoms with Gasteiger partial charge in [-0.15, -0.1) is 10.2 Å². The summed E-state index contributed by atoms with van der Waals surface area (Å²) in [5.74, 6) is 3.10. The van der Waals surface area contributed by atoms with E-state index in [4.69, 9.17) is 15.2 Å². The quantitative estimate of drug-likeness (QED) is 0.623. The molecular formula is C20H28N4O2. The normalized spacial score (nSPS) is 21.0. The molecule has 0 aliphatic heterocycles. The number of fused-ring (bicyclic) bond motifs is 1. The number of hydrogen-bond acceptors (Lipinski definition) is 5. The van der Waals surface area contributed by atoms with Crippen molar-refractivity contribution in [2.75, 3.05) is 19.5 Å². The Morgan fingerprint density at radius 2 is 2.08 bits per heavy atom. The Kier molecular flexibility index (Phi) is 5.49. The zero-order valence-electron chi connectivity index (χ0n) is 15.9. The molecule has 0 saturated heterocycles. The van der Waals surface area contributed by atoms with Gasteiger partial charge in [-0.1, -0.05) is 32.4 Å². The first-order chi connectivity index (χ1) is 12.5. The lowest BCUT2D eigenvalue weighted by Gasteiger charge is -2.26. The SMILES string of the molecule is C=C(OC)C(=CC)c1cn2c(N)nnc2cc1OCC1CCC(C)CC1. The topological polar surface area (TPSA) is 74.7 Å². The maximum atomic E-state index is 6.25. The van der Waals surface area contributed by atoms with E-state index in [9.17, 15) is 0 Å². The van der Waals surface area contributed by atoms with Gasteiger partial charge in [0.25, 0.3) is 0 Å². The van der Waals surface area contributed by atoms with Crippen LogP contribution in [-0.2, 0) is 4.74 Å². The molecule has 0 atom stereocenters. The third-order valence-corrected chi connectivity index (χ3v) is 5.27. The largest absolute Gasteiger partial charge is 0.497 e. The monoisotopic (exact) mass is 356 g/mol. The minimum atomic E-state index is 0.340. The lowest BCUT2D eigenvalue weighted by molar-refractivity contribution is 0.187. The third-order valence-electron chi connectivity index (χ3n) is 5.27. The Labute approximate surface area is 154 Å². The summed E-state index contributed by atoms with van der Waals surface area (Å²) in [4.78, 5) is 0. The van der Waals surface area contributed by atoms with Crippen LogP contribution in [0.25, 0.3) is 11.2 Å². The van der Waals surface area contributed by atoms with Gasteiger partial charge in [0.15, 0.2) is 5.65 Å². The van der Waals surface area contributed by atoms with E-state index in [1.54, 1.807) is 11.5 Å². The second kappa shape index (κ2) is 7.81. The van der Waals surface area contributed by atoms with Crippen LogP contribution < -0.4 is 10.5 Å². The molecule has 2 N–H and O–H groups in total. The molecule has 0 unspecified atom stereocenters. The van der Waals surface area contributed by atoms with Crippen molar-refractivity contribution in [2.24, 2.45) is 11.8 Å². The number of ether oxygens (including phenoxy) is 2. The second-order valence-corrected chi connectivity index (χ2v) is 7.10. The summed E-state index contributed by atoms with van der Waals surface area (Å²) in [5.41, 5.74) is 8.34. The first-order valence-corrected chi connectivity index (χ1v) is 9.20. The van der Waals surface area contributed by atoms with Gasteiger partial charge in [0.2, 0.25) is 5.95 Å². The summed E-state index contributed by atoms with van der Waals surface area (Å²) in [6.45, 7) is 8.97. The number of anilines is 1. The maximum Gasteiger partial charge on any atom is 0.226 e. The van der Waals surface area contributed by atoms with E-state index in [1.807, 2.05) is 25.3 Å². The molecule has 1 fully saturated rings. The highest BCUT2D eigenvalue weighted by molar-refractivity contribution is 5.80. The van der Waals surface area contributed by atoms with Crippen molar-refractivity contribution < 1.29 is 9.47 Å². The van der Waals surface area contributed by atoms with Gasteiger partial charge < -0.3 is 15.2 Å². The predicted octanol–water partition coefficient (Wildman–Crippen LogP) is 4.08. The average molecular weight is 356 g/mol. The fraction of sp³-hybridized carbons (Fsp3) is 0.500. The molecule has 1 saturated carbocycles. The summed E-state index contributed by atoms with van der Waals surface area (Å²) >= 11 is 0. The van der Waals surface area contributed by atoms with E-state index < -0.39 is 0 Å². The van der Waals surface area contributed by atoms with Crippen molar-refractivity contribution in [1.29, 1.82) is 0 Å². The van der Waals surface area contributed by atoms with Crippen LogP contribution in [0.15, 0.2) is 30.7 Å². The Morgan fingerprint density at radius 3 is 2.73 bits per heavy atom. The average Bonchev–Trinajstić information content (AvgIpc) is 3.01. The molecule has 1 aliphatic carbocycles. The zero-order chi connectivity index (χ0) is 18.7. The highest BCUT2D eigenvalue weighted by atomic mass is 16.5. The van der Waals surface area contributed by atoms with E-state index in [2.05, 4.69) is 23.7 Å². The van der Waals surface area contributed by atoms with Crippen LogP contribution in [0.4, 0.5) is 5.95 Å². The van der Waals surface area contributed by atoms with Crippen molar-refractivity contribution in [3.05, 3.63) is 36.2 Å². The number of nitrogen functional groups attached to an aromatic ring is 1. The van der Waals surface area contributed by atoms with Crippen molar-refractivity contribution >= 4 is 17.2 Å². The standard InChI is InChI=1S/C20H28N4O2/c1-5-16(14(3)25-4)17-11-24-19(22-23-20(24)21)10-18(17)26-12-15-8-6-13(2)7-9-15/h5,10-11,13,15H,3,6-9,12H2,1-2,4H3,(H2,21,23). The van der Waals surface area contributed by atoms with E-state index >= 15 is 0 Å². The molecule has 0 spiro atoms. The Hall–Kier alpha value is -2.50. The summed E-state index contributed by atoms with van der Waals surface area (Å²) in [6.07, 6.45) is 8.85. The minimum absolute atomic E-state index is 0.340. The molecule has 2 aromatic rings.